The van der Waals surface area contributed by atoms with Crippen LogP contribution in [0.15, 0.2) is 54.6 Å². The molecule has 1 spiro atoms. The van der Waals surface area contributed by atoms with E-state index in [-0.39, 0.29) is 23.8 Å². The highest BCUT2D eigenvalue weighted by molar-refractivity contribution is 6.09. The summed E-state index contributed by atoms with van der Waals surface area (Å²) in [7, 11) is 0. The number of hydrogen-bond donors (Lipinski definition) is 3. The van der Waals surface area contributed by atoms with E-state index in [9.17, 15) is 19.2 Å². The van der Waals surface area contributed by atoms with Gasteiger partial charge >= 0.3 is 6.03 Å². The second-order valence-electron chi connectivity index (χ2n) is 11.0. The van der Waals surface area contributed by atoms with Crippen LogP contribution in [0.3, 0.4) is 0 Å². The zero-order valence-electron chi connectivity index (χ0n) is 21.3. The van der Waals surface area contributed by atoms with Crippen LogP contribution in [0.2, 0.25) is 0 Å². The second-order valence-corrected chi connectivity index (χ2v) is 11.0. The lowest BCUT2D eigenvalue weighted by atomic mass is 9.64. The number of nitrogens with zero attached hydrogens (tertiary/aromatic N) is 1. The molecule has 3 N–H and O–H groups in total. The largest absolute Gasteiger partial charge is 0.348 e. The predicted molar refractivity (Wildman–Crippen MR) is 137 cm³/mol. The van der Waals surface area contributed by atoms with Crippen molar-refractivity contribution in [1.82, 2.24) is 15.5 Å². The van der Waals surface area contributed by atoms with E-state index in [1.54, 1.807) is 42.5 Å². The van der Waals surface area contributed by atoms with Crippen molar-refractivity contribution in [2.24, 2.45) is 11.3 Å². The van der Waals surface area contributed by atoms with E-state index < -0.39 is 23.5 Å². The summed E-state index contributed by atoms with van der Waals surface area (Å²) in [5.74, 6) is -0.677. The third-order valence-corrected chi connectivity index (χ3v) is 6.98. The van der Waals surface area contributed by atoms with Crippen molar-refractivity contribution < 1.29 is 19.2 Å². The Bertz CT molecular complexity index is 1180. The Morgan fingerprint density at radius 1 is 1.08 bits per heavy atom. The number of amides is 5. The zero-order chi connectivity index (χ0) is 26.1. The predicted octanol–water partition coefficient (Wildman–Crippen LogP) is 4.25. The topological polar surface area (TPSA) is 108 Å². The number of benzene rings is 2. The van der Waals surface area contributed by atoms with Crippen LogP contribution in [-0.2, 0) is 9.59 Å². The van der Waals surface area contributed by atoms with Gasteiger partial charge in [0.2, 0.25) is 5.91 Å². The lowest BCUT2D eigenvalue weighted by molar-refractivity contribution is -0.137. The molecule has 1 saturated carbocycles. The highest BCUT2D eigenvalue weighted by atomic mass is 16.2. The number of carbonyl (C=O) groups is 4. The molecule has 2 fully saturated rings. The first-order valence-corrected chi connectivity index (χ1v) is 12.4. The van der Waals surface area contributed by atoms with Crippen molar-refractivity contribution in [3.63, 3.8) is 0 Å². The molecule has 1 heterocycles. The summed E-state index contributed by atoms with van der Waals surface area (Å²) in [5, 5.41) is 8.63. The number of imide groups is 1. The van der Waals surface area contributed by atoms with Gasteiger partial charge < -0.3 is 16.0 Å². The standard InChI is InChI=1S/C28H34N4O4/c1-18-14-27(3,4)17-28(15-18)25(35)32(26(36)31-28)16-23(33)29-19(2)21-11-8-12-22(13-21)30-24(34)20-9-6-5-7-10-20/h5-13,18-19H,14-17H2,1-4H3,(H,29,33)(H,30,34)(H,31,36). The lowest BCUT2D eigenvalue weighted by Crippen LogP contribution is -2.54. The molecular weight excluding hydrogens is 456 g/mol. The summed E-state index contributed by atoms with van der Waals surface area (Å²) >= 11 is 0. The minimum Gasteiger partial charge on any atom is -0.348 e. The maximum absolute atomic E-state index is 13.3. The Morgan fingerprint density at radius 2 is 1.81 bits per heavy atom. The Morgan fingerprint density at radius 3 is 2.50 bits per heavy atom. The Balaban J connectivity index is 1.38. The van der Waals surface area contributed by atoms with Crippen LogP contribution in [0, 0.1) is 11.3 Å². The summed E-state index contributed by atoms with van der Waals surface area (Å²) in [6, 6.07) is 15.2. The third kappa shape index (κ3) is 5.42. The molecule has 2 aromatic rings. The Kier molecular flexibility index (Phi) is 6.89. The van der Waals surface area contributed by atoms with Gasteiger partial charge in [-0.05, 0) is 67.3 Å². The van der Waals surface area contributed by atoms with Gasteiger partial charge in [-0.2, -0.15) is 0 Å². The number of nitrogens with one attached hydrogen (secondary N) is 3. The molecular formula is C28H34N4O4. The number of hydrogen-bond acceptors (Lipinski definition) is 4. The smallest absolute Gasteiger partial charge is 0.325 e. The molecule has 4 rings (SSSR count). The molecule has 8 nitrogen and oxygen atoms in total. The van der Waals surface area contributed by atoms with Gasteiger partial charge in [-0.15, -0.1) is 0 Å². The zero-order valence-corrected chi connectivity index (χ0v) is 21.3. The van der Waals surface area contributed by atoms with E-state index in [2.05, 4.69) is 36.7 Å². The molecule has 0 bridgehead atoms. The van der Waals surface area contributed by atoms with Crippen LogP contribution in [0.1, 0.15) is 68.9 Å². The highest BCUT2D eigenvalue weighted by Gasteiger charge is 2.56. The van der Waals surface area contributed by atoms with Gasteiger partial charge in [0.1, 0.15) is 12.1 Å². The molecule has 0 aromatic heterocycles. The van der Waals surface area contributed by atoms with Gasteiger partial charge in [-0.1, -0.05) is 51.1 Å². The molecule has 1 aliphatic heterocycles. The molecule has 3 unspecified atom stereocenters. The average Bonchev–Trinajstić information content (AvgIpc) is 3.01. The van der Waals surface area contributed by atoms with E-state index in [0.29, 0.717) is 30.0 Å². The number of rotatable bonds is 6. The highest BCUT2D eigenvalue weighted by Crippen LogP contribution is 2.46. The number of urea groups is 1. The van der Waals surface area contributed by atoms with E-state index in [1.165, 1.54) is 0 Å². The molecule has 2 aliphatic rings. The van der Waals surface area contributed by atoms with Crippen molar-refractivity contribution in [3.8, 4) is 0 Å². The molecule has 0 radical (unpaired) electrons. The van der Waals surface area contributed by atoms with Crippen molar-refractivity contribution in [2.45, 2.75) is 58.5 Å². The molecule has 1 aliphatic carbocycles. The molecule has 2 aromatic carbocycles. The van der Waals surface area contributed by atoms with Crippen LogP contribution >= 0.6 is 0 Å². The Labute approximate surface area is 211 Å². The summed E-state index contributed by atoms with van der Waals surface area (Å²) in [6.45, 7) is 7.79. The van der Waals surface area contributed by atoms with Crippen LogP contribution in [0.5, 0.6) is 0 Å². The van der Waals surface area contributed by atoms with Crippen molar-refractivity contribution >= 4 is 29.4 Å². The van der Waals surface area contributed by atoms with Gasteiger partial charge in [-0.3, -0.25) is 19.3 Å². The van der Waals surface area contributed by atoms with Crippen LogP contribution in [0.4, 0.5) is 10.5 Å². The van der Waals surface area contributed by atoms with Gasteiger partial charge in [0.25, 0.3) is 11.8 Å². The fourth-order valence-corrected chi connectivity index (χ4v) is 5.84. The van der Waals surface area contributed by atoms with Crippen LogP contribution < -0.4 is 16.0 Å². The number of anilines is 1. The first-order valence-electron chi connectivity index (χ1n) is 12.4. The summed E-state index contributed by atoms with van der Waals surface area (Å²) in [5.41, 5.74) is 0.925. The fraction of sp³-hybridized carbons (Fsp3) is 0.429. The van der Waals surface area contributed by atoms with E-state index in [0.717, 1.165) is 16.9 Å². The van der Waals surface area contributed by atoms with Crippen molar-refractivity contribution in [2.75, 3.05) is 11.9 Å². The quantitative estimate of drug-likeness (QED) is 0.526. The molecule has 3 atom stereocenters. The normalized spacial score (nSPS) is 23.8. The molecule has 8 heteroatoms. The first kappa shape index (κ1) is 25.4. The van der Waals surface area contributed by atoms with Gasteiger partial charge in [0, 0.05) is 11.3 Å². The number of carbonyl (C=O) groups excluding carboxylic acids is 4. The van der Waals surface area contributed by atoms with Gasteiger partial charge in [-0.25, -0.2) is 4.79 Å². The summed E-state index contributed by atoms with van der Waals surface area (Å²) in [4.78, 5) is 52.3. The van der Waals surface area contributed by atoms with Gasteiger partial charge in [0.05, 0.1) is 6.04 Å². The molecule has 190 valence electrons. The van der Waals surface area contributed by atoms with Crippen molar-refractivity contribution in [3.05, 3.63) is 65.7 Å². The third-order valence-electron chi connectivity index (χ3n) is 6.98. The second kappa shape index (κ2) is 9.76. The summed E-state index contributed by atoms with van der Waals surface area (Å²) < 4.78 is 0. The minimum absolute atomic E-state index is 0.0751. The minimum atomic E-state index is -0.935. The molecule has 36 heavy (non-hydrogen) atoms. The van der Waals surface area contributed by atoms with Crippen LogP contribution in [0.25, 0.3) is 0 Å². The van der Waals surface area contributed by atoms with Crippen LogP contribution in [-0.4, -0.2) is 40.7 Å². The van der Waals surface area contributed by atoms with E-state index in [1.807, 2.05) is 19.1 Å². The monoisotopic (exact) mass is 490 g/mol. The fourth-order valence-electron chi connectivity index (χ4n) is 5.84. The SMILES string of the molecule is CC1CC(C)(C)CC2(C1)NC(=O)N(CC(=O)NC(C)c1cccc(NC(=O)c3ccccc3)c1)C2=O. The van der Waals surface area contributed by atoms with Crippen molar-refractivity contribution in [1.29, 1.82) is 0 Å². The maximum atomic E-state index is 13.3. The molecule has 5 amide bonds. The van der Waals surface area contributed by atoms with E-state index >= 15 is 0 Å². The Hall–Kier alpha value is -3.68. The van der Waals surface area contributed by atoms with Gasteiger partial charge in [0.15, 0.2) is 0 Å². The average molecular weight is 491 g/mol. The van der Waals surface area contributed by atoms with E-state index in [4.69, 9.17) is 0 Å². The molecule has 1 saturated heterocycles. The maximum Gasteiger partial charge on any atom is 0.325 e. The first-order chi connectivity index (χ1) is 17.0. The lowest BCUT2D eigenvalue weighted by Gasteiger charge is -2.43. The summed E-state index contributed by atoms with van der Waals surface area (Å²) in [6.07, 6.45) is 2.13.